The van der Waals surface area contributed by atoms with Gasteiger partial charge in [-0.2, -0.15) is 4.98 Å². The SMILES string of the molecule is c1ccc2c(-c3nc(C4CCOC4)no3)cc(C3CC3)nc2c1. The Morgan fingerprint density at radius 1 is 1.00 bits per heavy atom. The van der Waals surface area contributed by atoms with E-state index in [1.807, 2.05) is 18.2 Å². The average Bonchev–Trinajstić information content (AvgIpc) is 3.10. The van der Waals surface area contributed by atoms with Crippen LogP contribution in [0.15, 0.2) is 34.9 Å². The molecule has 3 aromatic rings. The van der Waals surface area contributed by atoms with Crippen molar-refractivity contribution in [2.75, 3.05) is 13.2 Å². The molecule has 5 nitrogen and oxygen atoms in total. The smallest absolute Gasteiger partial charge is 0.258 e. The first-order chi connectivity index (χ1) is 11.4. The van der Waals surface area contributed by atoms with Gasteiger partial charge in [0, 0.05) is 29.5 Å². The van der Waals surface area contributed by atoms with Crippen LogP contribution in [0.3, 0.4) is 0 Å². The standard InChI is InChI=1S/C18H17N3O2/c1-2-4-15-13(3-1)14(9-16(19-15)11-5-6-11)18-20-17(21-23-18)12-7-8-22-10-12/h1-4,9,11-12H,5-8,10H2. The highest BCUT2D eigenvalue weighted by Crippen LogP contribution is 2.41. The van der Waals surface area contributed by atoms with Crippen LogP contribution in [0.25, 0.3) is 22.4 Å². The predicted octanol–water partition coefficient (Wildman–Crippen LogP) is 3.67. The molecule has 0 bridgehead atoms. The van der Waals surface area contributed by atoms with Gasteiger partial charge < -0.3 is 9.26 Å². The number of benzene rings is 1. The molecule has 23 heavy (non-hydrogen) atoms. The van der Waals surface area contributed by atoms with Gasteiger partial charge in [0.05, 0.1) is 17.7 Å². The van der Waals surface area contributed by atoms with Crippen molar-refractivity contribution in [1.29, 1.82) is 0 Å². The molecule has 0 N–H and O–H groups in total. The largest absolute Gasteiger partial charge is 0.381 e. The highest BCUT2D eigenvalue weighted by molar-refractivity contribution is 5.92. The van der Waals surface area contributed by atoms with E-state index < -0.39 is 0 Å². The van der Waals surface area contributed by atoms with Crippen LogP contribution in [0.1, 0.15) is 42.6 Å². The van der Waals surface area contributed by atoms with Crippen molar-refractivity contribution in [1.82, 2.24) is 15.1 Å². The molecule has 1 saturated carbocycles. The lowest BCUT2D eigenvalue weighted by Gasteiger charge is -2.06. The van der Waals surface area contributed by atoms with E-state index in [2.05, 4.69) is 22.3 Å². The Morgan fingerprint density at radius 2 is 1.91 bits per heavy atom. The van der Waals surface area contributed by atoms with Crippen LogP contribution in [0.4, 0.5) is 0 Å². The van der Waals surface area contributed by atoms with Gasteiger partial charge in [0.2, 0.25) is 0 Å². The molecule has 5 heteroatoms. The fourth-order valence-electron chi connectivity index (χ4n) is 3.21. The fraction of sp³-hybridized carbons (Fsp3) is 0.389. The summed E-state index contributed by atoms with van der Waals surface area (Å²) in [7, 11) is 0. The molecule has 3 heterocycles. The van der Waals surface area contributed by atoms with Crippen LogP contribution >= 0.6 is 0 Å². The van der Waals surface area contributed by atoms with Crippen molar-refractivity contribution in [2.24, 2.45) is 0 Å². The molecule has 2 aromatic heterocycles. The second kappa shape index (κ2) is 5.13. The molecule has 1 aliphatic carbocycles. The first kappa shape index (κ1) is 13.2. The zero-order chi connectivity index (χ0) is 15.2. The molecule has 0 radical (unpaired) electrons. The number of fused-ring (bicyclic) bond motifs is 1. The minimum atomic E-state index is 0.253. The van der Waals surface area contributed by atoms with E-state index in [1.165, 1.54) is 12.8 Å². The van der Waals surface area contributed by atoms with E-state index in [0.29, 0.717) is 18.4 Å². The lowest BCUT2D eigenvalue weighted by molar-refractivity contribution is 0.192. The molecule has 1 unspecified atom stereocenters. The summed E-state index contributed by atoms with van der Waals surface area (Å²) in [6.07, 6.45) is 3.40. The molecule has 0 amide bonds. The molecule has 1 aliphatic heterocycles. The highest BCUT2D eigenvalue weighted by atomic mass is 16.5. The van der Waals surface area contributed by atoms with Crippen LogP contribution in [0.5, 0.6) is 0 Å². The molecule has 1 aromatic carbocycles. The predicted molar refractivity (Wildman–Crippen MR) is 85.2 cm³/mol. The van der Waals surface area contributed by atoms with Gasteiger partial charge in [-0.15, -0.1) is 0 Å². The van der Waals surface area contributed by atoms with Crippen molar-refractivity contribution < 1.29 is 9.26 Å². The third-order valence-electron chi connectivity index (χ3n) is 4.70. The van der Waals surface area contributed by atoms with Gasteiger partial charge in [-0.25, -0.2) is 0 Å². The van der Waals surface area contributed by atoms with Gasteiger partial charge in [0.15, 0.2) is 5.82 Å². The van der Waals surface area contributed by atoms with Gasteiger partial charge in [-0.05, 0) is 31.4 Å². The van der Waals surface area contributed by atoms with E-state index in [1.54, 1.807) is 0 Å². The Hall–Kier alpha value is -2.27. The third kappa shape index (κ3) is 2.32. The molecule has 5 rings (SSSR count). The topological polar surface area (TPSA) is 61.0 Å². The number of ether oxygens (including phenoxy) is 1. The minimum Gasteiger partial charge on any atom is -0.381 e. The van der Waals surface area contributed by atoms with E-state index >= 15 is 0 Å². The molecule has 2 aliphatic rings. The van der Waals surface area contributed by atoms with E-state index in [0.717, 1.165) is 41.0 Å². The first-order valence-corrected chi connectivity index (χ1v) is 8.20. The Labute approximate surface area is 133 Å². The zero-order valence-electron chi connectivity index (χ0n) is 12.7. The average molecular weight is 307 g/mol. The van der Waals surface area contributed by atoms with Crippen LogP contribution < -0.4 is 0 Å². The van der Waals surface area contributed by atoms with Crippen molar-refractivity contribution in [3.8, 4) is 11.5 Å². The monoisotopic (exact) mass is 307 g/mol. The lowest BCUT2D eigenvalue weighted by atomic mass is 10.1. The Kier molecular flexibility index (Phi) is 2.94. The van der Waals surface area contributed by atoms with Crippen molar-refractivity contribution >= 4 is 10.9 Å². The summed E-state index contributed by atoms with van der Waals surface area (Å²) in [5, 5.41) is 5.25. The van der Waals surface area contributed by atoms with Crippen molar-refractivity contribution in [3.63, 3.8) is 0 Å². The third-order valence-corrected chi connectivity index (χ3v) is 4.70. The second-order valence-corrected chi connectivity index (χ2v) is 6.40. The number of rotatable bonds is 3. The second-order valence-electron chi connectivity index (χ2n) is 6.40. The van der Waals surface area contributed by atoms with Gasteiger partial charge in [-0.3, -0.25) is 4.98 Å². The van der Waals surface area contributed by atoms with Crippen LogP contribution in [0, 0.1) is 0 Å². The zero-order valence-corrected chi connectivity index (χ0v) is 12.7. The van der Waals surface area contributed by atoms with Gasteiger partial charge in [0.1, 0.15) is 0 Å². The summed E-state index contributed by atoms with van der Waals surface area (Å²) >= 11 is 0. The molecular weight excluding hydrogens is 290 g/mol. The Bertz CT molecular complexity index is 864. The van der Waals surface area contributed by atoms with Crippen molar-refractivity contribution in [2.45, 2.75) is 31.1 Å². The summed E-state index contributed by atoms with van der Waals surface area (Å²) < 4.78 is 11.0. The Morgan fingerprint density at radius 3 is 2.74 bits per heavy atom. The fourth-order valence-corrected chi connectivity index (χ4v) is 3.21. The van der Waals surface area contributed by atoms with E-state index in [4.69, 9.17) is 14.2 Å². The highest BCUT2D eigenvalue weighted by Gasteiger charge is 2.28. The number of nitrogens with zero attached hydrogens (tertiary/aromatic N) is 3. The van der Waals surface area contributed by atoms with E-state index in [9.17, 15) is 0 Å². The summed E-state index contributed by atoms with van der Waals surface area (Å²) in [6, 6.07) is 10.3. The number of pyridine rings is 1. The molecule has 1 saturated heterocycles. The molecular formula is C18H17N3O2. The van der Waals surface area contributed by atoms with Crippen LogP contribution in [-0.4, -0.2) is 28.3 Å². The minimum absolute atomic E-state index is 0.253. The quantitative estimate of drug-likeness (QED) is 0.739. The summed E-state index contributed by atoms with van der Waals surface area (Å²) in [6.45, 7) is 1.46. The molecule has 1 atom stereocenters. The maximum atomic E-state index is 5.58. The van der Waals surface area contributed by atoms with Gasteiger partial charge >= 0.3 is 0 Å². The van der Waals surface area contributed by atoms with Gasteiger partial charge in [0.25, 0.3) is 5.89 Å². The van der Waals surface area contributed by atoms with Crippen LogP contribution in [0.2, 0.25) is 0 Å². The molecule has 116 valence electrons. The maximum absolute atomic E-state index is 5.58. The molecule has 0 spiro atoms. The lowest BCUT2D eigenvalue weighted by Crippen LogP contribution is -1.99. The van der Waals surface area contributed by atoms with Crippen LogP contribution in [-0.2, 0) is 4.74 Å². The first-order valence-electron chi connectivity index (χ1n) is 8.20. The number of para-hydroxylation sites is 1. The maximum Gasteiger partial charge on any atom is 0.258 e. The normalized spacial score (nSPS) is 21.1. The summed E-state index contributed by atoms with van der Waals surface area (Å²) in [5.74, 6) is 2.19. The van der Waals surface area contributed by atoms with Crippen molar-refractivity contribution in [3.05, 3.63) is 41.9 Å². The summed E-state index contributed by atoms with van der Waals surface area (Å²) in [4.78, 5) is 9.45. The van der Waals surface area contributed by atoms with Gasteiger partial charge in [-0.1, -0.05) is 23.4 Å². The number of hydrogen-bond donors (Lipinski definition) is 0. The number of aromatic nitrogens is 3. The number of hydrogen-bond acceptors (Lipinski definition) is 5. The Balaban J connectivity index is 1.63. The molecule has 2 fully saturated rings. The van der Waals surface area contributed by atoms with E-state index in [-0.39, 0.29) is 5.92 Å². The summed E-state index contributed by atoms with van der Waals surface area (Å²) in [5.41, 5.74) is 3.13.